The van der Waals surface area contributed by atoms with Crippen LogP contribution in [-0.4, -0.2) is 23.9 Å². The molecule has 29 heavy (non-hydrogen) atoms. The van der Waals surface area contributed by atoms with Crippen molar-refractivity contribution in [1.29, 1.82) is 0 Å². The molecule has 0 aliphatic rings. The number of fused-ring (bicyclic) bond motifs is 1. The molecule has 146 valence electrons. The molecule has 0 aliphatic heterocycles. The number of anilines is 2. The van der Waals surface area contributed by atoms with E-state index in [1.165, 1.54) is 24.7 Å². The number of methoxy groups -OCH3 is 1. The largest absolute Gasteiger partial charge is 0.495 e. The Hall–Kier alpha value is -3.36. The van der Waals surface area contributed by atoms with Gasteiger partial charge in [-0.15, -0.1) is 0 Å². The van der Waals surface area contributed by atoms with Crippen LogP contribution in [0.25, 0.3) is 10.2 Å². The van der Waals surface area contributed by atoms with Gasteiger partial charge in [-0.05, 0) is 48.5 Å². The lowest BCUT2D eigenvalue weighted by Gasteiger charge is -2.07. The highest BCUT2D eigenvalue weighted by molar-refractivity contribution is 7.22. The number of ether oxygens (including phenoxy) is 1. The van der Waals surface area contributed by atoms with Gasteiger partial charge in [0.05, 0.1) is 28.6 Å². The predicted octanol–water partition coefficient (Wildman–Crippen LogP) is 5.06. The highest BCUT2D eigenvalue weighted by atomic mass is 35.5. The maximum absolute atomic E-state index is 12.5. The zero-order valence-corrected chi connectivity index (χ0v) is 16.6. The molecular weight excluding hydrogens is 414 g/mol. The van der Waals surface area contributed by atoms with Crippen LogP contribution in [0.4, 0.5) is 10.8 Å². The van der Waals surface area contributed by atoms with Crippen LogP contribution in [0.5, 0.6) is 5.75 Å². The second-order valence-electron chi connectivity index (χ2n) is 5.94. The number of nitrogens with zero attached hydrogens (tertiary/aromatic N) is 1. The smallest absolute Gasteiger partial charge is 0.293 e. The van der Waals surface area contributed by atoms with E-state index in [1.54, 1.807) is 48.5 Å². The van der Waals surface area contributed by atoms with Crippen LogP contribution in [0, 0.1) is 0 Å². The van der Waals surface area contributed by atoms with Crippen LogP contribution in [-0.2, 0) is 0 Å². The molecule has 2 aromatic heterocycles. The molecule has 4 rings (SSSR count). The maximum Gasteiger partial charge on any atom is 0.293 e. The minimum absolute atomic E-state index is 0.204. The number of amides is 2. The Kier molecular flexibility index (Phi) is 5.20. The number of carbonyl (C=O) groups excluding carboxylic acids is 2. The molecule has 0 fully saturated rings. The fraction of sp³-hybridized carbons (Fsp3) is 0.0500. The first-order chi connectivity index (χ1) is 14.0. The highest BCUT2D eigenvalue weighted by Gasteiger charge is 2.13. The normalized spacial score (nSPS) is 10.7. The number of aromatic nitrogens is 1. The molecule has 2 amide bonds. The summed E-state index contributed by atoms with van der Waals surface area (Å²) in [5.74, 6) is 0.0255. The molecule has 2 heterocycles. The van der Waals surface area contributed by atoms with Crippen molar-refractivity contribution in [3.63, 3.8) is 0 Å². The molecule has 0 radical (unpaired) electrons. The van der Waals surface area contributed by atoms with Gasteiger partial charge in [0.2, 0.25) is 0 Å². The first-order valence-corrected chi connectivity index (χ1v) is 9.63. The van der Waals surface area contributed by atoms with Gasteiger partial charge in [-0.3, -0.25) is 14.9 Å². The monoisotopic (exact) mass is 427 g/mol. The lowest BCUT2D eigenvalue weighted by atomic mass is 10.2. The molecular formula is C20H14ClN3O4S. The second kappa shape index (κ2) is 7.94. The Labute approximate surface area is 174 Å². The number of thiazole rings is 1. The number of benzene rings is 2. The van der Waals surface area contributed by atoms with E-state index in [1.807, 2.05) is 0 Å². The van der Waals surface area contributed by atoms with Gasteiger partial charge >= 0.3 is 0 Å². The predicted molar refractivity (Wildman–Crippen MR) is 112 cm³/mol. The fourth-order valence-electron chi connectivity index (χ4n) is 2.63. The third kappa shape index (κ3) is 4.08. The quantitative estimate of drug-likeness (QED) is 0.464. The van der Waals surface area contributed by atoms with Crippen molar-refractivity contribution >= 4 is 55.8 Å². The summed E-state index contributed by atoms with van der Waals surface area (Å²) >= 11 is 7.38. The zero-order chi connectivity index (χ0) is 20.4. The molecule has 0 atom stereocenters. The van der Waals surface area contributed by atoms with Crippen LogP contribution in [0.3, 0.4) is 0 Å². The van der Waals surface area contributed by atoms with Gasteiger partial charge in [0.1, 0.15) is 5.75 Å². The van der Waals surface area contributed by atoms with Crippen molar-refractivity contribution in [3.05, 3.63) is 71.1 Å². The number of halogens is 1. The molecule has 7 nitrogen and oxygen atoms in total. The van der Waals surface area contributed by atoms with E-state index in [2.05, 4.69) is 15.6 Å². The Morgan fingerprint density at radius 1 is 1.10 bits per heavy atom. The molecule has 0 aliphatic carbocycles. The molecule has 2 N–H and O–H groups in total. The third-order valence-electron chi connectivity index (χ3n) is 4.03. The molecule has 4 aromatic rings. The SMILES string of the molecule is COc1ccc(C(=O)Nc2ccc3nc(NC(=O)c4ccco4)sc3c2)cc1Cl. The van der Waals surface area contributed by atoms with Crippen LogP contribution in [0.1, 0.15) is 20.9 Å². The Bertz CT molecular complexity index is 1200. The Morgan fingerprint density at radius 2 is 1.97 bits per heavy atom. The van der Waals surface area contributed by atoms with Crippen LogP contribution in [0.15, 0.2) is 59.2 Å². The standard InChI is InChI=1S/C20H14ClN3O4S/c1-27-15-7-4-11(9-13(15)21)18(25)22-12-5-6-14-17(10-12)29-20(23-14)24-19(26)16-3-2-8-28-16/h2-10H,1H3,(H,22,25)(H,23,24,26). The highest BCUT2D eigenvalue weighted by Crippen LogP contribution is 2.29. The zero-order valence-electron chi connectivity index (χ0n) is 15.1. The summed E-state index contributed by atoms with van der Waals surface area (Å²) in [6.07, 6.45) is 1.43. The minimum Gasteiger partial charge on any atom is -0.495 e. The Balaban J connectivity index is 1.50. The van der Waals surface area contributed by atoms with Crippen LogP contribution >= 0.6 is 22.9 Å². The number of hydrogen-bond donors (Lipinski definition) is 2. The van der Waals surface area contributed by atoms with Crippen LogP contribution < -0.4 is 15.4 Å². The summed E-state index contributed by atoms with van der Waals surface area (Å²) in [7, 11) is 1.51. The molecule has 0 spiro atoms. The summed E-state index contributed by atoms with van der Waals surface area (Å²) in [5.41, 5.74) is 1.71. The lowest BCUT2D eigenvalue weighted by molar-refractivity contribution is 0.0994. The maximum atomic E-state index is 12.5. The summed E-state index contributed by atoms with van der Waals surface area (Å²) in [4.78, 5) is 28.9. The van der Waals surface area contributed by atoms with Crippen molar-refractivity contribution in [2.24, 2.45) is 0 Å². The van der Waals surface area contributed by atoms with E-state index < -0.39 is 0 Å². The summed E-state index contributed by atoms with van der Waals surface area (Å²) in [6, 6.07) is 13.3. The average Bonchev–Trinajstić information content (AvgIpc) is 3.37. The van der Waals surface area contributed by atoms with E-state index >= 15 is 0 Å². The van der Waals surface area contributed by atoms with Crippen LogP contribution in [0.2, 0.25) is 5.02 Å². The summed E-state index contributed by atoms with van der Waals surface area (Å²) in [6.45, 7) is 0. The minimum atomic E-state index is -0.376. The van der Waals surface area contributed by atoms with Gasteiger partial charge < -0.3 is 14.5 Å². The average molecular weight is 428 g/mol. The third-order valence-corrected chi connectivity index (χ3v) is 5.25. The molecule has 0 bridgehead atoms. The second-order valence-corrected chi connectivity index (χ2v) is 7.37. The van der Waals surface area contributed by atoms with Crippen molar-refractivity contribution in [2.75, 3.05) is 17.7 Å². The summed E-state index contributed by atoms with van der Waals surface area (Å²) < 4.78 is 11.0. The van der Waals surface area contributed by atoms with Gasteiger partial charge in [-0.1, -0.05) is 22.9 Å². The van der Waals surface area contributed by atoms with Crippen molar-refractivity contribution in [3.8, 4) is 5.75 Å². The number of nitrogens with one attached hydrogen (secondary N) is 2. The fourth-order valence-corrected chi connectivity index (χ4v) is 3.79. The van der Waals surface area contributed by atoms with Gasteiger partial charge in [-0.2, -0.15) is 0 Å². The van der Waals surface area contributed by atoms with E-state index in [4.69, 9.17) is 20.8 Å². The van der Waals surface area contributed by atoms with E-state index in [0.717, 1.165) is 4.70 Å². The number of furan rings is 1. The molecule has 2 aromatic carbocycles. The van der Waals surface area contributed by atoms with Gasteiger partial charge in [0, 0.05) is 11.3 Å². The molecule has 0 saturated carbocycles. The van der Waals surface area contributed by atoms with E-state index in [9.17, 15) is 9.59 Å². The van der Waals surface area contributed by atoms with Gasteiger partial charge in [0.15, 0.2) is 10.9 Å². The number of rotatable bonds is 5. The molecule has 9 heteroatoms. The number of carbonyl (C=O) groups is 2. The van der Waals surface area contributed by atoms with Crippen molar-refractivity contribution < 1.29 is 18.7 Å². The number of hydrogen-bond acceptors (Lipinski definition) is 6. The first-order valence-electron chi connectivity index (χ1n) is 8.44. The Morgan fingerprint density at radius 3 is 2.69 bits per heavy atom. The van der Waals surface area contributed by atoms with Crippen molar-refractivity contribution in [2.45, 2.75) is 0 Å². The van der Waals surface area contributed by atoms with Gasteiger partial charge in [-0.25, -0.2) is 4.98 Å². The first kappa shape index (κ1) is 19.0. The lowest BCUT2D eigenvalue weighted by Crippen LogP contribution is -2.11. The van der Waals surface area contributed by atoms with Crippen molar-refractivity contribution in [1.82, 2.24) is 4.98 Å². The molecule has 0 saturated heterocycles. The summed E-state index contributed by atoms with van der Waals surface area (Å²) in [5, 5.41) is 6.32. The molecule has 0 unspecified atom stereocenters. The topological polar surface area (TPSA) is 93.5 Å². The van der Waals surface area contributed by atoms with Gasteiger partial charge in [0.25, 0.3) is 11.8 Å². The van der Waals surface area contributed by atoms with E-state index in [-0.39, 0.29) is 17.6 Å². The van der Waals surface area contributed by atoms with E-state index in [0.29, 0.717) is 32.7 Å².